The minimum absolute atomic E-state index is 0.355. The summed E-state index contributed by atoms with van der Waals surface area (Å²) in [5.74, 6) is -0.474. The Morgan fingerprint density at radius 2 is 2.00 bits per heavy atom. The summed E-state index contributed by atoms with van der Waals surface area (Å²) in [6.45, 7) is 5.24. The molecular formula is C16H21NO5. The fraction of sp³-hybridized carbons (Fsp3) is 0.500. The molecule has 1 amide bonds. The van der Waals surface area contributed by atoms with Gasteiger partial charge in [-0.2, -0.15) is 0 Å². The number of rotatable bonds is 2. The van der Waals surface area contributed by atoms with Crippen molar-refractivity contribution in [2.24, 2.45) is 0 Å². The van der Waals surface area contributed by atoms with Crippen molar-refractivity contribution in [2.45, 2.75) is 45.3 Å². The lowest BCUT2D eigenvalue weighted by atomic mass is 9.96. The van der Waals surface area contributed by atoms with Crippen LogP contribution in [0.3, 0.4) is 0 Å². The highest BCUT2D eigenvalue weighted by Crippen LogP contribution is 2.35. The van der Waals surface area contributed by atoms with E-state index >= 15 is 0 Å². The minimum atomic E-state index is -1.04. The molecule has 0 spiro atoms. The summed E-state index contributed by atoms with van der Waals surface area (Å²) in [5.41, 5.74) is 0.743. The molecule has 120 valence electrons. The Morgan fingerprint density at radius 1 is 1.32 bits per heavy atom. The molecule has 2 rings (SSSR count). The van der Waals surface area contributed by atoms with E-state index in [4.69, 9.17) is 9.47 Å². The van der Waals surface area contributed by atoms with E-state index in [1.54, 1.807) is 32.9 Å². The molecule has 0 saturated heterocycles. The van der Waals surface area contributed by atoms with E-state index in [1.165, 1.54) is 12.0 Å². The topological polar surface area (TPSA) is 76.1 Å². The number of hydrogen-bond acceptors (Lipinski definition) is 4. The number of carbonyl (C=O) groups excluding carboxylic acids is 1. The number of aliphatic carboxylic acids is 1. The first-order valence-electron chi connectivity index (χ1n) is 7.15. The van der Waals surface area contributed by atoms with E-state index < -0.39 is 23.7 Å². The SMILES string of the molecule is COc1ccc2c(c1)N(C(=O)OC(C)(C)C)C(C(=O)O)CC2. The Balaban J connectivity index is 2.45. The second-order valence-corrected chi connectivity index (χ2v) is 6.24. The summed E-state index contributed by atoms with van der Waals surface area (Å²) in [7, 11) is 1.52. The van der Waals surface area contributed by atoms with Gasteiger partial charge in [0.2, 0.25) is 0 Å². The number of ether oxygens (including phenoxy) is 2. The monoisotopic (exact) mass is 307 g/mol. The zero-order valence-electron chi connectivity index (χ0n) is 13.3. The van der Waals surface area contributed by atoms with Gasteiger partial charge in [0, 0.05) is 6.07 Å². The predicted molar refractivity (Wildman–Crippen MR) is 81.5 cm³/mol. The summed E-state index contributed by atoms with van der Waals surface area (Å²) in [5, 5.41) is 9.43. The third-order valence-corrected chi connectivity index (χ3v) is 3.43. The number of nitrogens with zero attached hydrogens (tertiary/aromatic N) is 1. The van der Waals surface area contributed by atoms with Crippen molar-refractivity contribution < 1.29 is 24.2 Å². The Kier molecular flexibility index (Phi) is 4.30. The van der Waals surface area contributed by atoms with Crippen LogP contribution in [0.15, 0.2) is 18.2 Å². The Morgan fingerprint density at radius 3 is 2.55 bits per heavy atom. The van der Waals surface area contributed by atoms with Crippen LogP contribution in [-0.4, -0.2) is 35.9 Å². The highest BCUT2D eigenvalue weighted by molar-refractivity contribution is 5.97. The Bertz CT molecular complexity index is 591. The van der Waals surface area contributed by atoms with Gasteiger partial charge in [0.25, 0.3) is 0 Å². The lowest BCUT2D eigenvalue weighted by Gasteiger charge is -2.36. The van der Waals surface area contributed by atoms with Crippen LogP contribution < -0.4 is 9.64 Å². The van der Waals surface area contributed by atoms with Gasteiger partial charge >= 0.3 is 12.1 Å². The first-order chi connectivity index (χ1) is 10.2. The van der Waals surface area contributed by atoms with Gasteiger partial charge in [-0.25, -0.2) is 9.59 Å². The molecule has 6 nitrogen and oxygen atoms in total. The molecule has 1 aromatic carbocycles. The molecule has 1 atom stereocenters. The third-order valence-electron chi connectivity index (χ3n) is 3.43. The molecule has 1 aliphatic heterocycles. The highest BCUT2D eigenvalue weighted by Gasteiger charge is 2.38. The lowest BCUT2D eigenvalue weighted by Crippen LogP contribution is -2.50. The van der Waals surface area contributed by atoms with Gasteiger partial charge in [-0.05, 0) is 45.2 Å². The molecular weight excluding hydrogens is 286 g/mol. The number of fused-ring (bicyclic) bond motifs is 1. The van der Waals surface area contributed by atoms with E-state index in [0.717, 1.165) is 5.56 Å². The standard InChI is InChI=1S/C16H21NO5/c1-16(2,3)22-15(20)17-12(14(18)19)8-6-10-5-7-11(21-4)9-13(10)17/h5,7,9,12H,6,8H2,1-4H3,(H,18,19). The normalized spacial score (nSPS) is 17.6. The molecule has 0 aliphatic carbocycles. The van der Waals surface area contributed by atoms with Crippen LogP contribution in [0, 0.1) is 0 Å². The molecule has 1 N–H and O–H groups in total. The van der Waals surface area contributed by atoms with Crippen LogP contribution in [0.25, 0.3) is 0 Å². The van der Waals surface area contributed by atoms with Crippen LogP contribution in [-0.2, 0) is 16.0 Å². The summed E-state index contributed by atoms with van der Waals surface area (Å²) in [4.78, 5) is 25.2. The third kappa shape index (κ3) is 3.32. The molecule has 0 aromatic heterocycles. The summed E-state index contributed by atoms with van der Waals surface area (Å²) < 4.78 is 10.5. The summed E-state index contributed by atoms with van der Waals surface area (Å²) in [6.07, 6.45) is 0.290. The van der Waals surface area contributed by atoms with E-state index in [2.05, 4.69) is 0 Å². The van der Waals surface area contributed by atoms with Crippen molar-refractivity contribution in [2.75, 3.05) is 12.0 Å². The molecule has 6 heteroatoms. The Labute approximate surface area is 129 Å². The van der Waals surface area contributed by atoms with Crippen LogP contribution in [0.1, 0.15) is 32.8 Å². The first-order valence-corrected chi connectivity index (χ1v) is 7.15. The van der Waals surface area contributed by atoms with E-state index in [1.807, 2.05) is 6.07 Å². The molecule has 1 aliphatic rings. The average molecular weight is 307 g/mol. The molecule has 0 radical (unpaired) electrons. The maximum absolute atomic E-state index is 12.5. The molecule has 22 heavy (non-hydrogen) atoms. The average Bonchev–Trinajstić information content (AvgIpc) is 2.43. The van der Waals surface area contributed by atoms with E-state index in [-0.39, 0.29) is 0 Å². The molecule has 0 fully saturated rings. The quantitative estimate of drug-likeness (QED) is 0.909. The van der Waals surface area contributed by atoms with Crippen molar-refractivity contribution in [1.29, 1.82) is 0 Å². The number of carboxylic acids is 1. The fourth-order valence-electron chi connectivity index (χ4n) is 2.47. The number of carboxylic acid groups (broad SMARTS) is 1. The van der Waals surface area contributed by atoms with E-state index in [0.29, 0.717) is 24.3 Å². The fourth-order valence-corrected chi connectivity index (χ4v) is 2.47. The van der Waals surface area contributed by atoms with Crippen molar-refractivity contribution in [3.8, 4) is 5.75 Å². The number of amides is 1. The number of aryl methyl sites for hydroxylation is 1. The molecule has 1 unspecified atom stereocenters. The summed E-state index contributed by atoms with van der Waals surface area (Å²) >= 11 is 0. The number of benzene rings is 1. The van der Waals surface area contributed by atoms with Crippen LogP contribution in [0.2, 0.25) is 0 Å². The maximum Gasteiger partial charge on any atom is 0.415 e. The van der Waals surface area contributed by atoms with Crippen molar-refractivity contribution >= 4 is 17.7 Å². The van der Waals surface area contributed by atoms with Crippen molar-refractivity contribution in [1.82, 2.24) is 0 Å². The van der Waals surface area contributed by atoms with Gasteiger partial charge in [0.1, 0.15) is 17.4 Å². The maximum atomic E-state index is 12.5. The van der Waals surface area contributed by atoms with Gasteiger partial charge in [-0.3, -0.25) is 4.90 Å². The lowest BCUT2D eigenvalue weighted by molar-refractivity contribution is -0.138. The van der Waals surface area contributed by atoms with Crippen molar-refractivity contribution in [3.05, 3.63) is 23.8 Å². The highest BCUT2D eigenvalue weighted by atomic mass is 16.6. The van der Waals surface area contributed by atoms with Gasteiger partial charge in [-0.15, -0.1) is 0 Å². The smallest absolute Gasteiger partial charge is 0.415 e. The second kappa shape index (κ2) is 5.87. The number of methoxy groups -OCH3 is 1. The summed E-state index contributed by atoms with van der Waals surface area (Å²) in [6, 6.07) is 4.39. The van der Waals surface area contributed by atoms with Crippen molar-refractivity contribution in [3.63, 3.8) is 0 Å². The van der Waals surface area contributed by atoms with Gasteiger partial charge in [0.05, 0.1) is 12.8 Å². The molecule has 0 bridgehead atoms. The zero-order valence-corrected chi connectivity index (χ0v) is 13.3. The van der Waals surface area contributed by atoms with Crippen LogP contribution >= 0.6 is 0 Å². The largest absolute Gasteiger partial charge is 0.497 e. The number of hydrogen-bond donors (Lipinski definition) is 1. The van der Waals surface area contributed by atoms with Crippen LogP contribution in [0.5, 0.6) is 5.75 Å². The van der Waals surface area contributed by atoms with Gasteiger partial charge in [0.15, 0.2) is 0 Å². The molecule has 1 aromatic rings. The first kappa shape index (κ1) is 16.1. The van der Waals surface area contributed by atoms with Gasteiger partial charge < -0.3 is 14.6 Å². The van der Waals surface area contributed by atoms with Crippen LogP contribution in [0.4, 0.5) is 10.5 Å². The number of carbonyl (C=O) groups is 2. The zero-order chi connectivity index (χ0) is 16.5. The number of anilines is 1. The van der Waals surface area contributed by atoms with E-state index in [9.17, 15) is 14.7 Å². The molecule has 1 heterocycles. The Hall–Kier alpha value is -2.24. The minimum Gasteiger partial charge on any atom is -0.497 e. The van der Waals surface area contributed by atoms with Gasteiger partial charge in [-0.1, -0.05) is 6.07 Å². The predicted octanol–water partition coefficient (Wildman–Crippen LogP) is 2.84. The second-order valence-electron chi connectivity index (χ2n) is 6.24. The molecule has 0 saturated carbocycles.